The Morgan fingerprint density at radius 1 is 1.06 bits per heavy atom. The normalized spacial score (nSPS) is 14.2. The second-order valence-electron chi connectivity index (χ2n) is 5.01. The van der Waals surface area contributed by atoms with Gasteiger partial charge in [0.2, 0.25) is 0 Å². The molecule has 0 spiro atoms. The van der Waals surface area contributed by atoms with E-state index in [-0.39, 0.29) is 0 Å². The molecule has 0 heterocycles. The highest BCUT2D eigenvalue weighted by molar-refractivity contribution is 5.36. The smallest absolute Gasteiger partial charge is 0.0332 e. The Morgan fingerprint density at radius 2 is 1.56 bits per heavy atom. The molecule has 1 N–H and O–H groups in total. The lowest BCUT2D eigenvalue weighted by Crippen LogP contribution is -2.10. The Bertz CT molecular complexity index is 303. The largest absolute Gasteiger partial charge is 0.388 e. The van der Waals surface area contributed by atoms with Gasteiger partial charge in [0.15, 0.2) is 0 Å². The number of allylic oxidation sites excluding steroid dienone is 4. The highest BCUT2D eigenvalue weighted by Crippen LogP contribution is 2.20. The molecule has 0 amide bonds. The second-order valence-corrected chi connectivity index (χ2v) is 5.01. The van der Waals surface area contributed by atoms with Crippen LogP contribution in [0.5, 0.6) is 0 Å². The number of nitrogens with one attached hydrogen (secondary N) is 1. The molecule has 92 valence electrons. The van der Waals surface area contributed by atoms with Gasteiger partial charge in [-0.15, -0.1) is 0 Å². The third-order valence-electron chi connectivity index (χ3n) is 3.12. The van der Waals surface area contributed by atoms with Gasteiger partial charge in [0.25, 0.3) is 0 Å². The van der Waals surface area contributed by atoms with E-state index in [9.17, 15) is 0 Å². The molecule has 0 aliphatic heterocycles. The molecule has 0 aliphatic carbocycles. The van der Waals surface area contributed by atoms with Crippen LogP contribution in [0.2, 0.25) is 0 Å². The van der Waals surface area contributed by atoms with Gasteiger partial charge >= 0.3 is 0 Å². The SMILES string of the molecule is C=C(/C(C)=C\C(NC)=C(/C)C(C)C)C(C)C. The van der Waals surface area contributed by atoms with E-state index < -0.39 is 0 Å². The predicted octanol–water partition coefficient (Wildman–Crippen LogP) is 4.29. The topological polar surface area (TPSA) is 12.0 Å². The maximum Gasteiger partial charge on any atom is 0.0332 e. The summed E-state index contributed by atoms with van der Waals surface area (Å²) in [7, 11) is 1.98. The van der Waals surface area contributed by atoms with Crippen LogP contribution in [0.4, 0.5) is 0 Å². The van der Waals surface area contributed by atoms with Crippen molar-refractivity contribution in [2.75, 3.05) is 7.05 Å². The fourth-order valence-corrected chi connectivity index (χ4v) is 1.46. The first-order chi connectivity index (χ1) is 7.31. The summed E-state index contributed by atoms with van der Waals surface area (Å²) in [6.07, 6.45) is 2.21. The van der Waals surface area contributed by atoms with E-state index >= 15 is 0 Å². The van der Waals surface area contributed by atoms with Crippen LogP contribution in [-0.2, 0) is 0 Å². The molecule has 0 saturated carbocycles. The van der Waals surface area contributed by atoms with Gasteiger partial charge in [-0.3, -0.25) is 0 Å². The third kappa shape index (κ3) is 4.26. The molecule has 0 atom stereocenters. The van der Waals surface area contributed by atoms with Crippen LogP contribution in [0.1, 0.15) is 41.5 Å². The molecule has 0 rings (SSSR count). The molecule has 0 aromatic heterocycles. The first-order valence-electron chi connectivity index (χ1n) is 6.07. The summed E-state index contributed by atoms with van der Waals surface area (Å²) < 4.78 is 0. The highest BCUT2D eigenvalue weighted by atomic mass is 14.8. The molecule has 0 aliphatic rings. The van der Waals surface area contributed by atoms with Crippen molar-refractivity contribution in [1.82, 2.24) is 5.32 Å². The van der Waals surface area contributed by atoms with Crippen LogP contribution < -0.4 is 5.32 Å². The Morgan fingerprint density at radius 3 is 1.88 bits per heavy atom. The Labute approximate surface area is 101 Å². The molecule has 0 fully saturated rings. The van der Waals surface area contributed by atoms with Crippen LogP contribution in [0, 0.1) is 11.8 Å². The van der Waals surface area contributed by atoms with Crippen LogP contribution in [0.15, 0.2) is 35.1 Å². The average molecular weight is 221 g/mol. The minimum absolute atomic E-state index is 0.508. The molecule has 1 heteroatoms. The summed E-state index contributed by atoms with van der Waals surface area (Å²) in [5.74, 6) is 1.08. The molecular formula is C15H27N. The van der Waals surface area contributed by atoms with Crippen LogP contribution in [-0.4, -0.2) is 7.05 Å². The fourth-order valence-electron chi connectivity index (χ4n) is 1.46. The van der Waals surface area contributed by atoms with E-state index in [0.717, 1.165) is 0 Å². The number of likely N-dealkylation sites (N-methyl/N-ethyl adjacent to an activating group) is 1. The number of hydrogen-bond donors (Lipinski definition) is 1. The second kappa shape index (κ2) is 6.57. The molecule has 0 bridgehead atoms. The Kier molecular flexibility index (Phi) is 6.17. The van der Waals surface area contributed by atoms with Gasteiger partial charge in [-0.05, 0) is 48.5 Å². The summed E-state index contributed by atoms with van der Waals surface area (Å²) in [6, 6.07) is 0. The molecule has 0 radical (unpaired) electrons. The molecule has 1 nitrogen and oxygen atoms in total. The molecule has 0 unspecified atom stereocenters. The number of rotatable bonds is 5. The fraction of sp³-hybridized carbons (Fsp3) is 0.600. The van der Waals surface area contributed by atoms with Crippen LogP contribution in [0.25, 0.3) is 0 Å². The van der Waals surface area contributed by atoms with Gasteiger partial charge in [-0.25, -0.2) is 0 Å². The van der Waals surface area contributed by atoms with E-state index in [1.807, 2.05) is 7.05 Å². The molecule has 0 saturated heterocycles. The third-order valence-corrected chi connectivity index (χ3v) is 3.12. The van der Waals surface area contributed by atoms with Crippen molar-refractivity contribution in [2.45, 2.75) is 41.5 Å². The van der Waals surface area contributed by atoms with Crippen molar-refractivity contribution in [2.24, 2.45) is 11.8 Å². The standard InChI is InChI=1S/C15H27N/c1-10(2)13(6)12(5)9-15(16-8)14(7)11(3)4/h9-11,16H,6H2,1-5,7-8H3/b12-9-,15-14-. The molecular weight excluding hydrogens is 194 g/mol. The highest BCUT2D eigenvalue weighted by Gasteiger charge is 2.06. The lowest BCUT2D eigenvalue weighted by molar-refractivity contribution is 0.743. The maximum atomic E-state index is 4.13. The van der Waals surface area contributed by atoms with Gasteiger partial charge in [0.05, 0.1) is 0 Å². The Hall–Kier alpha value is -0.980. The zero-order valence-electron chi connectivity index (χ0n) is 11.9. The minimum Gasteiger partial charge on any atom is -0.388 e. The monoisotopic (exact) mass is 221 g/mol. The lowest BCUT2D eigenvalue weighted by Gasteiger charge is -2.15. The molecule has 0 aromatic rings. The van der Waals surface area contributed by atoms with Gasteiger partial charge in [-0.1, -0.05) is 34.3 Å². The summed E-state index contributed by atoms with van der Waals surface area (Å²) in [5, 5.41) is 3.27. The van der Waals surface area contributed by atoms with E-state index in [1.165, 1.54) is 22.4 Å². The van der Waals surface area contributed by atoms with Crippen molar-refractivity contribution in [1.29, 1.82) is 0 Å². The lowest BCUT2D eigenvalue weighted by atomic mass is 9.95. The van der Waals surface area contributed by atoms with Crippen molar-refractivity contribution < 1.29 is 0 Å². The van der Waals surface area contributed by atoms with Crippen LogP contribution in [0.3, 0.4) is 0 Å². The van der Waals surface area contributed by atoms with E-state index in [4.69, 9.17) is 0 Å². The quantitative estimate of drug-likeness (QED) is 0.683. The Balaban J connectivity index is 5.11. The summed E-state index contributed by atoms with van der Waals surface area (Å²) in [6.45, 7) is 17.2. The zero-order chi connectivity index (χ0) is 12.9. The summed E-state index contributed by atoms with van der Waals surface area (Å²) in [4.78, 5) is 0. The first kappa shape index (κ1) is 15.0. The van der Waals surface area contributed by atoms with Gasteiger partial charge in [-0.2, -0.15) is 0 Å². The summed E-state index contributed by atoms with van der Waals surface area (Å²) >= 11 is 0. The van der Waals surface area contributed by atoms with Crippen molar-refractivity contribution in [3.63, 3.8) is 0 Å². The van der Waals surface area contributed by atoms with Gasteiger partial charge in [0.1, 0.15) is 0 Å². The van der Waals surface area contributed by atoms with E-state index in [2.05, 4.69) is 59.5 Å². The first-order valence-corrected chi connectivity index (χ1v) is 6.07. The van der Waals surface area contributed by atoms with Gasteiger partial charge < -0.3 is 5.32 Å². The summed E-state index contributed by atoms with van der Waals surface area (Å²) in [5.41, 5.74) is 5.08. The van der Waals surface area contributed by atoms with Crippen molar-refractivity contribution >= 4 is 0 Å². The van der Waals surface area contributed by atoms with Crippen molar-refractivity contribution in [3.8, 4) is 0 Å². The van der Waals surface area contributed by atoms with Crippen LogP contribution >= 0.6 is 0 Å². The molecule has 16 heavy (non-hydrogen) atoms. The minimum atomic E-state index is 0.508. The number of hydrogen-bond acceptors (Lipinski definition) is 1. The molecule has 0 aromatic carbocycles. The van der Waals surface area contributed by atoms with E-state index in [0.29, 0.717) is 11.8 Å². The van der Waals surface area contributed by atoms with Gasteiger partial charge in [0, 0.05) is 12.7 Å². The van der Waals surface area contributed by atoms with Crippen molar-refractivity contribution in [3.05, 3.63) is 35.1 Å². The zero-order valence-corrected chi connectivity index (χ0v) is 11.9. The predicted molar refractivity (Wildman–Crippen MR) is 74.3 cm³/mol. The maximum absolute atomic E-state index is 4.13. The van der Waals surface area contributed by atoms with E-state index in [1.54, 1.807) is 0 Å². The average Bonchev–Trinajstić information content (AvgIpc) is 2.22.